The van der Waals surface area contributed by atoms with Crippen LogP contribution in [0.4, 0.5) is 5.69 Å². The van der Waals surface area contributed by atoms with Crippen LogP contribution in [0.5, 0.6) is 0 Å². The van der Waals surface area contributed by atoms with Crippen LogP contribution in [0.3, 0.4) is 0 Å². The van der Waals surface area contributed by atoms with E-state index in [0.717, 1.165) is 20.0 Å². The molecule has 24 heavy (non-hydrogen) atoms. The lowest BCUT2D eigenvalue weighted by Crippen LogP contribution is -2.23. The number of aromatic nitrogens is 3. The van der Waals surface area contributed by atoms with Crippen LogP contribution in [-0.4, -0.2) is 20.7 Å². The van der Waals surface area contributed by atoms with Crippen molar-refractivity contribution in [3.05, 3.63) is 65.7 Å². The third-order valence-corrected chi connectivity index (χ3v) is 4.93. The molecule has 5 nitrogen and oxygen atoms in total. The van der Waals surface area contributed by atoms with E-state index in [-0.39, 0.29) is 5.91 Å². The Morgan fingerprint density at radius 2 is 1.75 bits per heavy atom. The van der Waals surface area contributed by atoms with Crippen LogP contribution in [0.15, 0.2) is 75.4 Å². The van der Waals surface area contributed by atoms with Gasteiger partial charge in [0, 0.05) is 20.0 Å². The summed E-state index contributed by atoms with van der Waals surface area (Å²) in [6, 6.07) is 15.5. The highest BCUT2D eigenvalue weighted by Gasteiger charge is 2.15. The number of amides is 1. The minimum Gasteiger partial charge on any atom is -0.324 e. The lowest BCUT2D eigenvalue weighted by atomic mass is 10.3. The maximum atomic E-state index is 12.2. The Balaban J connectivity index is 1.62. The molecule has 1 aromatic heterocycles. The fraction of sp³-hybridized carbons (Fsp3) is 0.118. The molecule has 1 unspecified atom stereocenters. The first-order valence-corrected chi connectivity index (χ1v) is 8.91. The number of benzene rings is 2. The number of carbonyl (C=O) groups excluding carboxylic acids is 1. The molecule has 0 saturated heterocycles. The first kappa shape index (κ1) is 16.7. The number of nitrogens with zero attached hydrogens (tertiary/aromatic N) is 3. The van der Waals surface area contributed by atoms with Gasteiger partial charge < -0.3 is 5.32 Å². The van der Waals surface area contributed by atoms with Crippen LogP contribution in [0.25, 0.3) is 0 Å². The van der Waals surface area contributed by atoms with Crippen LogP contribution in [0.1, 0.15) is 13.0 Å². The van der Waals surface area contributed by atoms with Gasteiger partial charge in [-0.2, -0.15) is 5.10 Å². The van der Waals surface area contributed by atoms with Crippen LogP contribution < -0.4 is 5.32 Å². The molecule has 0 aliphatic heterocycles. The molecule has 3 rings (SSSR count). The summed E-state index contributed by atoms with van der Waals surface area (Å²) in [5.74, 6) is -0.131. The molecule has 1 atom stereocenters. The molecule has 0 aliphatic rings. The number of hydrogen-bond acceptors (Lipinski definition) is 4. The summed E-state index contributed by atoms with van der Waals surface area (Å²) in [5.41, 5.74) is 0.757. The Kier molecular flexibility index (Phi) is 5.32. The van der Waals surface area contributed by atoms with Crippen LogP contribution in [0, 0.1) is 0 Å². The van der Waals surface area contributed by atoms with Crippen molar-refractivity contribution in [2.24, 2.45) is 0 Å². The topological polar surface area (TPSA) is 59.8 Å². The molecule has 7 heteroatoms. The number of nitrogens with one attached hydrogen (secondary N) is 1. The Morgan fingerprint density at radius 1 is 1.12 bits per heavy atom. The minimum absolute atomic E-state index is 0.131. The molecular weight excluding hydrogens is 388 g/mol. The van der Waals surface area contributed by atoms with E-state index in [1.165, 1.54) is 17.3 Å². The summed E-state index contributed by atoms with van der Waals surface area (Å²) in [5, 5.41) is 6.87. The highest BCUT2D eigenvalue weighted by Crippen LogP contribution is 2.29. The van der Waals surface area contributed by atoms with E-state index in [9.17, 15) is 4.79 Å². The van der Waals surface area contributed by atoms with E-state index in [4.69, 9.17) is 0 Å². The molecule has 3 aromatic rings. The van der Waals surface area contributed by atoms with Crippen LogP contribution in [-0.2, 0) is 4.79 Å². The monoisotopic (exact) mass is 402 g/mol. The first-order valence-electron chi connectivity index (χ1n) is 7.30. The predicted molar refractivity (Wildman–Crippen MR) is 98.1 cm³/mol. The summed E-state index contributed by atoms with van der Waals surface area (Å²) >= 11 is 5.10. The zero-order valence-electron chi connectivity index (χ0n) is 12.9. The standard InChI is InChI=1S/C17H15BrN4OS/c1-12(22-11-19-10-20-22)17(23)21-14-4-8-16(9-5-14)24-15-6-2-13(18)3-7-15/h2-12H,1H3,(H,21,23). The molecular formula is C17H15BrN4OS. The summed E-state index contributed by atoms with van der Waals surface area (Å²) in [6.45, 7) is 1.78. The Hall–Kier alpha value is -2.12. The van der Waals surface area contributed by atoms with E-state index in [1.54, 1.807) is 18.7 Å². The second kappa shape index (κ2) is 7.63. The third-order valence-electron chi connectivity index (χ3n) is 3.38. The summed E-state index contributed by atoms with van der Waals surface area (Å²) in [4.78, 5) is 18.3. The number of carbonyl (C=O) groups is 1. The van der Waals surface area contributed by atoms with Gasteiger partial charge in [-0.3, -0.25) is 4.79 Å². The predicted octanol–water partition coefficient (Wildman–Crippen LogP) is 4.39. The average Bonchev–Trinajstić information content (AvgIpc) is 3.12. The summed E-state index contributed by atoms with van der Waals surface area (Å²) < 4.78 is 2.58. The van der Waals surface area contributed by atoms with E-state index < -0.39 is 6.04 Å². The zero-order chi connectivity index (χ0) is 16.9. The van der Waals surface area contributed by atoms with Crippen LogP contribution in [0.2, 0.25) is 0 Å². The third kappa shape index (κ3) is 4.24. The molecule has 0 spiro atoms. The summed E-state index contributed by atoms with van der Waals surface area (Å²) in [6.07, 6.45) is 2.94. The lowest BCUT2D eigenvalue weighted by Gasteiger charge is -2.12. The van der Waals surface area contributed by atoms with E-state index >= 15 is 0 Å². The number of hydrogen-bond donors (Lipinski definition) is 1. The Morgan fingerprint density at radius 3 is 2.33 bits per heavy atom. The molecule has 0 fully saturated rings. The second-order valence-electron chi connectivity index (χ2n) is 5.12. The molecule has 0 aliphatic carbocycles. The fourth-order valence-electron chi connectivity index (χ4n) is 2.03. The van der Waals surface area contributed by atoms with Gasteiger partial charge in [-0.05, 0) is 55.5 Å². The van der Waals surface area contributed by atoms with Gasteiger partial charge in [-0.1, -0.05) is 27.7 Å². The van der Waals surface area contributed by atoms with Crippen molar-refractivity contribution in [2.45, 2.75) is 22.8 Å². The van der Waals surface area contributed by atoms with Gasteiger partial charge in [-0.15, -0.1) is 0 Å². The quantitative estimate of drug-likeness (QED) is 0.687. The van der Waals surface area contributed by atoms with Crippen molar-refractivity contribution in [1.29, 1.82) is 0 Å². The second-order valence-corrected chi connectivity index (χ2v) is 7.18. The van der Waals surface area contributed by atoms with Gasteiger partial charge in [0.1, 0.15) is 18.7 Å². The van der Waals surface area contributed by atoms with Gasteiger partial charge in [-0.25, -0.2) is 9.67 Å². The number of anilines is 1. The van der Waals surface area contributed by atoms with Gasteiger partial charge in [0.25, 0.3) is 0 Å². The molecule has 1 heterocycles. The van der Waals surface area contributed by atoms with Gasteiger partial charge in [0.15, 0.2) is 0 Å². The van der Waals surface area contributed by atoms with Crippen LogP contribution >= 0.6 is 27.7 Å². The molecule has 1 amide bonds. The Bertz CT molecular complexity index is 804. The normalized spacial score (nSPS) is 11.9. The van der Waals surface area contributed by atoms with Gasteiger partial charge in [0.05, 0.1) is 0 Å². The van der Waals surface area contributed by atoms with Crippen molar-refractivity contribution in [3.8, 4) is 0 Å². The summed E-state index contributed by atoms with van der Waals surface area (Å²) in [7, 11) is 0. The average molecular weight is 403 g/mol. The lowest BCUT2D eigenvalue weighted by molar-refractivity contribution is -0.119. The van der Waals surface area contributed by atoms with Gasteiger partial charge >= 0.3 is 0 Å². The highest BCUT2D eigenvalue weighted by atomic mass is 79.9. The highest BCUT2D eigenvalue weighted by molar-refractivity contribution is 9.10. The maximum absolute atomic E-state index is 12.2. The molecule has 0 saturated carbocycles. The minimum atomic E-state index is -0.413. The number of rotatable bonds is 5. The largest absolute Gasteiger partial charge is 0.324 e. The molecule has 0 radical (unpaired) electrons. The maximum Gasteiger partial charge on any atom is 0.249 e. The van der Waals surface area contributed by atoms with E-state index in [1.807, 2.05) is 36.4 Å². The number of halogens is 1. The zero-order valence-corrected chi connectivity index (χ0v) is 15.3. The SMILES string of the molecule is CC(C(=O)Nc1ccc(Sc2ccc(Br)cc2)cc1)n1cncn1. The van der Waals surface area contributed by atoms with Crippen molar-refractivity contribution >= 4 is 39.3 Å². The fourth-order valence-corrected chi connectivity index (χ4v) is 3.11. The molecule has 0 bridgehead atoms. The first-order chi connectivity index (χ1) is 11.6. The van der Waals surface area contributed by atoms with E-state index in [0.29, 0.717) is 0 Å². The molecule has 1 N–H and O–H groups in total. The van der Waals surface area contributed by atoms with Crippen molar-refractivity contribution in [2.75, 3.05) is 5.32 Å². The molecule has 2 aromatic carbocycles. The Labute approximate surface area is 152 Å². The van der Waals surface area contributed by atoms with Crippen molar-refractivity contribution < 1.29 is 4.79 Å². The molecule has 122 valence electrons. The van der Waals surface area contributed by atoms with E-state index in [2.05, 4.69) is 43.5 Å². The van der Waals surface area contributed by atoms with Gasteiger partial charge in [0.2, 0.25) is 5.91 Å². The van der Waals surface area contributed by atoms with Crippen molar-refractivity contribution in [1.82, 2.24) is 14.8 Å². The smallest absolute Gasteiger partial charge is 0.249 e. The van der Waals surface area contributed by atoms with Crippen molar-refractivity contribution in [3.63, 3.8) is 0 Å².